The lowest BCUT2D eigenvalue weighted by Gasteiger charge is -2.22. The Labute approximate surface area is 118 Å². The average Bonchev–Trinajstić information content (AvgIpc) is 2.92. The minimum Gasteiger partial charge on any atom is -0.381 e. The van der Waals surface area contributed by atoms with Crippen molar-refractivity contribution in [1.82, 2.24) is 5.32 Å². The van der Waals surface area contributed by atoms with Crippen LogP contribution in [0.5, 0.6) is 0 Å². The summed E-state index contributed by atoms with van der Waals surface area (Å²) in [6.45, 7) is 6.68. The van der Waals surface area contributed by atoms with Crippen molar-refractivity contribution in [3.8, 4) is 0 Å². The van der Waals surface area contributed by atoms with Gasteiger partial charge in [0.05, 0.1) is 17.4 Å². The largest absolute Gasteiger partial charge is 0.381 e. The number of benzene rings is 1. The van der Waals surface area contributed by atoms with Crippen LogP contribution in [0.3, 0.4) is 0 Å². The van der Waals surface area contributed by atoms with Crippen molar-refractivity contribution in [1.29, 1.82) is 0 Å². The van der Waals surface area contributed by atoms with Crippen LogP contribution in [-0.2, 0) is 15.5 Å². The smallest absolute Gasteiger partial charge is 0.0545 e. The van der Waals surface area contributed by atoms with Crippen molar-refractivity contribution in [3.63, 3.8) is 0 Å². The molecule has 1 aromatic rings. The number of hydrogen-bond donors (Lipinski definition) is 1. The zero-order valence-corrected chi connectivity index (χ0v) is 12.5. The first kappa shape index (κ1) is 14.7. The zero-order valence-electron chi connectivity index (χ0n) is 11.7. The quantitative estimate of drug-likeness (QED) is 0.868. The maximum atomic E-state index is 12.4. The van der Waals surface area contributed by atoms with E-state index in [0.717, 1.165) is 31.1 Å². The molecule has 3 atom stereocenters. The lowest BCUT2D eigenvalue weighted by molar-refractivity contribution is 0.179. The molecule has 2 rings (SSSR count). The third-order valence-corrected chi connectivity index (χ3v) is 5.07. The number of nitrogens with one attached hydrogen (secondary N) is 1. The van der Waals surface area contributed by atoms with Gasteiger partial charge in [-0.3, -0.25) is 4.21 Å². The van der Waals surface area contributed by atoms with E-state index in [2.05, 4.69) is 12.2 Å². The fourth-order valence-electron chi connectivity index (χ4n) is 2.44. The standard InChI is InChI=1S/C15H23NO2S/c1-3-16-15(13-8-9-18-10-13)11-19(17)14-6-4-12(2)5-7-14/h4-7,13,15-16H,3,8-11H2,1-2H3. The van der Waals surface area contributed by atoms with E-state index < -0.39 is 10.8 Å². The number of hydrogen-bond acceptors (Lipinski definition) is 3. The molecule has 4 heteroatoms. The molecule has 0 amide bonds. The third kappa shape index (κ3) is 4.13. The van der Waals surface area contributed by atoms with Gasteiger partial charge in [0.25, 0.3) is 0 Å². The van der Waals surface area contributed by atoms with Crippen LogP contribution < -0.4 is 5.32 Å². The van der Waals surface area contributed by atoms with Gasteiger partial charge in [-0.25, -0.2) is 0 Å². The Kier molecular flexibility index (Phi) is 5.55. The van der Waals surface area contributed by atoms with Gasteiger partial charge < -0.3 is 10.1 Å². The van der Waals surface area contributed by atoms with Crippen LogP contribution in [0.2, 0.25) is 0 Å². The summed E-state index contributed by atoms with van der Waals surface area (Å²) in [5.41, 5.74) is 1.20. The molecule has 1 N–H and O–H groups in total. The van der Waals surface area contributed by atoms with Crippen LogP contribution >= 0.6 is 0 Å². The summed E-state index contributed by atoms with van der Waals surface area (Å²) in [4.78, 5) is 0.924. The summed E-state index contributed by atoms with van der Waals surface area (Å²) in [6.07, 6.45) is 1.07. The first-order valence-corrected chi connectivity index (χ1v) is 8.28. The van der Waals surface area contributed by atoms with Crippen LogP contribution in [-0.4, -0.2) is 35.8 Å². The second-order valence-corrected chi connectivity index (χ2v) is 6.61. The molecule has 1 saturated heterocycles. The third-order valence-electron chi connectivity index (χ3n) is 3.62. The van der Waals surface area contributed by atoms with E-state index in [1.807, 2.05) is 31.2 Å². The summed E-state index contributed by atoms with van der Waals surface area (Å²) in [5, 5.41) is 3.46. The first-order chi connectivity index (χ1) is 9.20. The van der Waals surface area contributed by atoms with Crippen LogP contribution in [0.4, 0.5) is 0 Å². The number of ether oxygens (including phenoxy) is 1. The summed E-state index contributed by atoms with van der Waals surface area (Å²) < 4.78 is 17.9. The van der Waals surface area contributed by atoms with Crippen LogP contribution in [0.15, 0.2) is 29.2 Å². The van der Waals surface area contributed by atoms with Crippen molar-refractivity contribution in [2.75, 3.05) is 25.5 Å². The van der Waals surface area contributed by atoms with Gasteiger partial charge in [-0.15, -0.1) is 0 Å². The van der Waals surface area contributed by atoms with Crippen molar-refractivity contribution in [2.24, 2.45) is 5.92 Å². The molecule has 0 spiro atoms. The first-order valence-electron chi connectivity index (χ1n) is 6.97. The number of aryl methyl sites for hydroxylation is 1. The summed E-state index contributed by atoms with van der Waals surface area (Å²) in [6, 6.07) is 8.27. The molecule has 3 nitrogen and oxygen atoms in total. The molecular weight excluding hydrogens is 258 g/mol. The molecule has 1 aromatic carbocycles. The highest BCUT2D eigenvalue weighted by atomic mass is 32.2. The van der Waals surface area contributed by atoms with E-state index >= 15 is 0 Å². The predicted octanol–water partition coefficient (Wildman–Crippen LogP) is 2.12. The molecular formula is C15H23NO2S. The van der Waals surface area contributed by atoms with Crippen molar-refractivity contribution in [3.05, 3.63) is 29.8 Å². The summed E-state index contributed by atoms with van der Waals surface area (Å²) in [7, 11) is -0.937. The topological polar surface area (TPSA) is 38.3 Å². The molecule has 1 heterocycles. The minimum absolute atomic E-state index is 0.287. The highest BCUT2D eigenvalue weighted by molar-refractivity contribution is 7.85. The van der Waals surface area contributed by atoms with E-state index in [4.69, 9.17) is 4.74 Å². The van der Waals surface area contributed by atoms with Crippen LogP contribution in [0.1, 0.15) is 18.9 Å². The van der Waals surface area contributed by atoms with Gasteiger partial charge in [0.2, 0.25) is 0 Å². The Bertz CT molecular complexity index is 413. The molecule has 0 aromatic heterocycles. The van der Waals surface area contributed by atoms with E-state index in [-0.39, 0.29) is 6.04 Å². The van der Waals surface area contributed by atoms with Gasteiger partial charge in [0.15, 0.2) is 0 Å². The Morgan fingerprint density at radius 3 is 2.74 bits per heavy atom. The number of rotatable bonds is 6. The van der Waals surface area contributed by atoms with Gasteiger partial charge in [-0.1, -0.05) is 24.6 Å². The van der Waals surface area contributed by atoms with E-state index in [1.54, 1.807) is 0 Å². The molecule has 0 aliphatic carbocycles. The monoisotopic (exact) mass is 281 g/mol. The normalized spacial score (nSPS) is 22.3. The van der Waals surface area contributed by atoms with Gasteiger partial charge in [0.1, 0.15) is 0 Å². The van der Waals surface area contributed by atoms with E-state index in [1.165, 1.54) is 5.56 Å². The second-order valence-electron chi connectivity index (χ2n) is 5.11. The molecule has 1 aliphatic rings. The predicted molar refractivity (Wildman–Crippen MR) is 78.8 cm³/mol. The van der Waals surface area contributed by atoms with E-state index in [0.29, 0.717) is 11.7 Å². The highest BCUT2D eigenvalue weighted by Gasteiger charge is 2.26. The Balaban J connectivity index is 1.99. The van der Waals surface area contributed by atoms with Gasteiger partial charge in [0, 0.05) is 29.2 Å². The fraction of sp³-hybridized carbons (Fsp3) is 0.600. The van der Waals surface area contributed by atoms with Crippen molar-refractivity contribution < 1.29 is 8.95 Å². The van der Waals surface area contributed by atoms with Gasteiger partial charge in [-0.05, 0) is 32.0 Å². The Morgan fingerprint density at radius 2 is 2.16 bits per heavy atom. The molecule has 1 aliphatic heterocycles. The zero-order chi connectivity index (χ0) is 13.7. The summed E-state index contributed by atoms with van der Waals surface area (Å²) >= 11 is 0. The van der Waals surface area contributed by atoms with Gasteiger partial charge in [-0.2, -0.15) is 0 Å². The van der Waals surface area contributed by atoms with Gasteiger partial charge >= 0.3 is 0 Å². The maximum Gasteiger partial charge on any atom is 0.0545 e. The average molecular weight is 281 g/mol. The van der Waals surface area contributed by atoms with Crippen LogP contribution in [0, 0.1) is 12.8 Å². The molecule has 106 valence electrons. The second kappa shape index (κ2) is 7.17. The molecule has 1 fully saturated rings. The molecule has 0 radical (unpaired) electrons. The molecule has 0 bridgehead atoms. The Hall–Kier alpha value is -0.710. The van der Waals surface area contributed by atoms with E-state index in [9.17, 15) is 4.21 Å². The highest BCUT2D eigenvalue weighted by Crippen LogP contribution is 2.19. The van der Waals surface area contributed by atoms with Crippen molar-refractivity contribution >= 4 is 10.8 Å². The van der Waals surface area contributed by atoms with Crippen molar-refractivity contribution in [2.45, 2.75) is 31.2 Å². The summed E-state index contributed by atoms with van der Waals surface area (Å²) in [5.74, 6) is 1.17. The Morgan fingerprint density at radius 1 is 1.42 bits per heavy atom. The minimum atomic E-state index is -0.937. The SMILES string of the molecule is CCNC(CS(=O)c1ccc(C)cc1)C1CCOC1. The fourth-order valence-corrected chi connectivity index (χ4v) is 3.79. The van der Waals surface area contributed by atoms with Crippen LogP contribution in [0.25, 0.3) is 0 Å². The lowest BCUT2D eigenvalue weighted by atomic mass is 10.0. The molecule has 3 unspecified atom stereocenters. The molecule has 19 heavy (non-hydrogen) atoms. The lowest BCUT2D eigenvalue weighted by Crippen LogP contribution is -2.40. The molecule has 0 saturated carbocycles. The maximum absolute atomic E-state index is 12.4.